The van der Waals surface area contributed by atoms with Gasteiger partial charge in [-0.15, -0.1) is 0 Å². The summed E-state index contributed by atoms with van der Waals surface area (Å²) in [6, 6.07) is 7.17. The molecule has 0 aliphatic carbocycles. The van der Waals surface area contributed by atoms with E-state index in [9.17, 15) is 4.79 Å². The third-order valence-electron chi connectivity index (χ3n) is 2.52. The Morgan fingerprint density at radius 2 is 2.17 bits per heavy atom. The average Bonchev–Trinajstić information content (AvgIpc) is 2.89. The smallest absolute Gasteiger partial charge is 0.344 e. The van der Waals surface area contributed by atoms with Crippen LogP contribution in [0.5, 0.6) is 5.75 Å². The zero-order valence-electron chi connectivity index (χ0n) is 9.98. The molecule has 0 amide bonds. The van der Waals surface area contributed by atoms with Gasteiger partial charge in [-0.25, -0.2) is 9.78 Å². The molecule has 5 nitrogen and oxygen atoms in total. The van der Waals surface area contributed by atoms with E-state index in [-0.39, 0.29) is 0 Å². The van der Waals surface area contributed by atoms with Crippen molar-refractivity contribution in [1.82, 2.24) is 9.55 Å². The molecule has 2 heterocycles. The van der Waals surface area contributed by atoms with Gasteiger partial charge in [-0.3, -0.25) is 0 Å². The summed E-state index contributed by atoms with van der Waals surface area (Å²) >= 11 is 0. The number of nitrogens with zero attached hydrogens (tertiary/aromatic N) is 2. The SMILES string of the molecule is CCC(Oc1cccnc1-n1cccc1)C(=O)O. The molecule has 18 heavy (non-hydrogen) atoms. The normalized spacial score (nSPS) is 12.1. The van der Waals surface area contributed by atoms with Crippen LogP contribution in [0.2, 0.25) is 0 Å². The van der Waals surface area contributed by atoms with Crippen molar-refractivity contribution in [2.75, 3.05) is 0 Å². The Bertz CT molecular complexity index is 523. The van der Waals surface area contributed by atoms with Crippen LogP contribution in [0.4, 0.5) is 0 Å². The Kier molecular flexibility index (Phi) is 3.62. The molecule has 0 aliphatic heterocycles. The first-order valence-electron chi connectivity index (χ1n) is 5.70. The monoisotopic (exact) mass is 246 g/mol. The second-order valence-corrected chi connectivity index (χ2v) is 3.77. The van der Waals surface area contributed by atoms with Crippen molar-refractivity contribution in [3.05, 3.63) is 42.9 Å². The number of carbonyl (C=O) groups is 1. The van der Waals surface area contributed by atoms with Gasteiger partial charge in [-0.1, -0.05) is 6.92 Å². The van der Waals surface area contributed by atoms with E-state index >= 15 is 0 Å². The van der Waals surface area contributed by atoms with Crippen LogP contribution in [0.25, 0.3) is 5.82 Å². The molecule has 0 aromatic carbocycles. The Morgan fingerprint density at radius 1 is 1.44 bits per heavy atom. The number of hydrogen-bond acceptors (Lipinski definition) is 3. The fourth-order valence-electron chi connectivity index (χ4n) is 1.61. The molecule has 2 rings (SSSR count). The van der Waals surface area contributed by atoms with Crippen molar-refractivity contribution >= 4 is 5.97 Å². The van der Waals surface area contributed by atoms with E-state index in [4.69, 9.17) is 9.84 Å². The third kappa shape index (κ3) is 2.51. The zero-order valence-corrected chi connectivity index (χ0v) is 9.98. The van der Waals surface area contributed by atoms with Crippen molar-refractivity contribution in [1.29, 1.82) is 0 Å². The summed E-state index contributed by atoms with van der Waals surface area (Å²) in [4.78, 5) is 15.2. The topological polar surface area (TPSA) is 64.4 Å². The van der Waals surface area contributed by atoms with Crippen molar-refractivity contribution < 1.29 is 14.6 Å². The highest BCUT2D eigenvalue weighted by atomic mass is 16.5. The first-order chi connectivity index (χ1) is 8.72. The minimum atomic E-state index is -0.972. The van der Waals surface area contributed by atoms with Crippen molar-refractivity contribution in [2.45, 2.75) is 19.4 Å². The van der Waals surface area contributed by atoms with E-state index in [0.29, 0.717) is 18.0 Å². The predicted molar refractivity (Wildman–Crippen MR) is 65.9 cm³/mol. The first-order valence-corrected chi connectivity index (χ1v) is 5.70. The molecule has 94 valence electrons. The number of aliphatic carboxylic acids is 1. The van der Waals surface area contributed by atoms with E-state index in [1.165, 1.54) is 0 Å². The Morgan fingerprint density at radius 3 is 2.78 bits per heavy atom. The summed E-state index contributed by atoms with van der Waals surface area (Å²) in [7, 11) is 0. The van der Waals surface area contributed by atoms with Crippen LogP contribution in [-0.2, 0) is 4.79 Å². The predicted octanol–water partition coefficient (Wildman–Crippen LogP) is 2.11. The largest absolute Gasteiger partial charge is 0.479 e. The molecule has 0 bridgehead atoms. The maximum absolute atomic E-state index is 11.0. The highest BCUT2D eigenvalue weighted by Gasteiger charge is 2.19. The second-order valence-electron chi connectivity index (χ2n) is 3.77. The molecule has 5 heteroatoms. The lowest BCUT2D eigenvalue weighted by atomic mass is 10.3. The van der Waals surface area contributed by atoms with E-state index in [1.807, 2.05) is 24.5 Å². The van der Waals surface area contributed by atoms with Crippen LogP contribution in [0.3, 0.4) is 0 Å². The lowest BCUT2D eigenvalue weighted by molar-refractivity contribution is -0.145. The van der Waals surface area contributed by atoms with Gasteiger partial charge in [-0.2, -0.15) is 0 Å². The molecule has 1 N–H and O–H groups in total. The Hall–Kier alpha value is -2.30. The highest BCUT2D eigenvalue weighted by molar-refractivity contribution is 5.72. The van der Waals surface area contributed by atoms with Crippen LogP contribution >= 0.6 is 0 Å². The number of rotatable bonds is 5. The fourth-order valence-corrected chi connectivity index (χ4v) is 1.61. The van der Waals surface area contributed by atoms with Crippen molar-refractivity contribution in [2.24, 2.45) is 0 Å². The van der Waals surface area contributed by atoms with E-state index < -0.39 is 12.1 Å². The summed E-state index contributed by atoms with van der Waals surface area (Å²) in [6.45, 7) is 1.77. The van der Waals surface area contributed by atoms with Gasteiger partial charge in [0.15, 0.2) is 17.7 Å². The molecule has 2 aromatic heterocycles. The maximum Gasteiger partial charge on any atom is 0.344 e. The second kappa shape index (κ2) is 5.35. The third-order valence-corrected chi connectivity index (χ3v) is 2.52. The van der Waals surface area contributed by atoms with Crippen molar-refractivity contribution in [3.8, 4) is 11.6 Å². The number of carboxylic acid groups (broad SMARTS) is 1. The Labute approximate surface area is 105 Å². The molecule has 1 atom stereocenters. The van der Waals surface area contributed by atoms with Gasteiger partial charge >= 0.3 is 5.97 Å². The number of pyridine rings is 1. The van der Waals surface area contributed by atoms with Crippen LogP contribution in [0, 0.1) is 0 Å². The number of carboxylic acids is 1. The molecule has 2 aromatic rings. The average molecular weight is 246 g/mol. The van der Waals surface area contributed by atoms with Gasteiger partial charge in [-0.05, 0) is 30.7 Å². The number of hydrogen-bond donors (Lipinski definition) is 1. The quantitative estimate of drug-likeness (QED) is 0.877. The lowest BCUT2D eigenvalue weighted by Crippen LogP contribution is -2.26. The van der Waals surface area contributed by atoms with Crippen LogP contribution in [-0.4, -0.2) is 26.7 Å². The number of aromatic nitrogens is 2. The van der Waals surface area contributed by atoms with Gasteiger partial charge < -0.3 is 14.4 Å². The molecule has 0 saturated heterocycles. The summed E-state index contributed by atoms with van der Waals surface area (Å²) in [5.74, 6) is 0.0740. The zero-order chi connectivity index (χ0) is 13.0. The van der Waals surface area contributed by atoms with E-state index in [2.05, 4.69) is 4.98 Å². The van der Waals surface area contributed by atoms with Gasteiger partial charge in [0.2, 0.25) is 0 Å². The van der Waals surface area contributed by atoms with Crippen LogP contribution in [0.1, 0.15) is 13.3 Å². The molecular weight excluding hydrogens is 232 g/mol. The first kappa shape index (κ1) is 12.2. The molecule has 1 unspecified atom stereocenters. The molecule has 0 radical (unpaired) electrons. The summed E-state index contributed by atoms with van der Waals surface area (Å²) < 4.78 is 7.28. The van der Waals surface area contributed by atoms with Crippen LogP contribution < -0.4 is 4.74 Å². The maximum atomic E-state index is 11.0. The fraction of sp³-hybridized carbons (Fsp3) is 0.231. The molecule has 0 aliphatic rings. The van der Waals surface area contributed by atoms with Gasteiger partial charge in [0.1, 0.15) is 0 Å². The minimum Gasteiger partial charge on any atom is -0.479 e. The van der Waals surface area contributed by atoms with E-state index in [1.54, 1.807) is 29.8 Å². The van der Waals surface area contributed by atoms with E-state index in [0.717, 1.165) is 0 Å². The Balaban J connectivity index is 2.31. The van der Waals surface area contributed by atoms with Gasteiger partial charge in [0.05, 0.1) is 0 Å². The lowest BCUT2D eigenvalue weighted by Gasteiger charge is -2.15. The molecule has 0 saturated carbocycles. The molecule has 0 spiro atoms. The van der Waals surface area contributed by atoms with Gasteiger partial charge in [0, 0.05) is 18.6 Å². The summed E-state index contributed by atoms with van der Waals surface area (Å²) in [5, 5.41) is 9.00. The molecular formula is C13H14N2O3. The number of ether oxygens (including phenoxy) is 1. The highest BCUT2D eigenvalue weighted by Crippen LogP contribution is 2.21. The minimum absolute atomic E-state index is 0.398. The molecule has 0 fully saturated rings. The van der Waals surface area contributed by atoms with Crippen LogP contribution in [0.15, 0.2) is 42.9 Å². The standard InChI is InChI=1S/C13H14N2O3/c1-2-10(13(16)17)18-11-6-5-7-14-12(11)15-8-3-4-9-15/h3-10H,2H2,1H3,(H,16,17). The summed E-state index contributed by atoms with van der Waals surface area (Å²) in [6.07, 6.45) is 4.84. The van der Waals surface area contributed by atoms with Crippen molar-refractivity contribution in [3.63, 3.8) is 0 Å². The van der Waals surface area contributed by atoms with Gasteiger partial charge in [0.25, 0.3) is 0 Å². The summed E-state index contributed by atoms with van der Waals surface area (Å²) in [5.41, 5.74) is 0.